The van der Waals surface area contributed by atoms with Crippen LogP contribution in [0.3, 0.4) is 0 Å². The molecule has 1 aromatic carbocycles. The molecule has 1 N–H and O–H groups in total. The Labute approximate surface area is 100 Å². The quantitative estimate of drug-likeness (QED) is 0.877. The number of nitriles is 1. The molecule has 0 fully saturated rings. The lowest BCUT2D eigenvalue weighted by Gasteiger charge is -2.09. The van der Waals surface area contributed by atoms with Gasteiger partial charge in [-0.05, 0) is 31.0 Å². The van der Waals surface area contributed by atoms with Crippen LogP contribution in [0, 0.1) is 18.3 Å². The number of amides is 1. The fourth-order valence-electron chi connectivity index (χ4n) is 1.20. The number of benzene rings is 1. The number of rotatable bonds is 3. The van der Waals surface area contributed by atoms with Gasteiger partial charge in [0, 0.05) is 10.6 Å². The Bertz CT molecular complexity index is 437. The Kier molecular flexibility index (Phi) is 4.33. The van der Waals surface area contributed by atoms with Gasteiger partial charge in [0.15, 0.2) is 0 Å². The van der Waals surface area contributed by atoms with Crippen LogP contribution >= 0.6 is 11.6 Å². The minimum absolute atomic E-state index is 0.268. The second-order valence-corrected chi connectivity index (χ2v) is 3.93. The standard InChI is InChI=1S/C12H13ClN2O/c1-3-10(7-14)15-12(16)9-5-4-8(2)11(13)6-9/h4-6,10H,3H2,1-2H3,(H,15,16). The van der Waals surface area contributed by atoms with Crippen molar-refractivity contribution in [1.29, 1.82) is 5.26 Å². The first-order chi connectivity index (χ1) is 7.58. The van der Waals surface area contributed by atoms with Gasteiger partial charge in [-0.15, -0.1) is 0 Å². The molecule has 1 amide bonds. The largest absolute Gasteiger partial charge is 0.336 e. The summed E-state index contributed by atoms with van der Waals surface area (Å²) in [7, 11) is 0. The molecule has 0 saturated heterocycles. The highest BCUT2D eigenvalue weighted by Gasteiger charge is 2.11. The van der Waals surface area contributed by atoms with Gasteiger partial charge in [-0.25, -0.2) is 0 Å². The van der Waals surface area contributed by atoms with Gasteiger partial charge in [-0.2, -0.15) is 5.26 Å². The highest BCUT2D eigenvalue weighted by molar-refractivity contribution is 6.31. The zero-order chi connectivity index (χ0) is 12.1. The zero-order valence-corrected chi connectivity index (χ0v) is 10.0. The van der Waals surface area contributed by atoms with Crippen LogP contribution in [0.4, 0.5) is 0 Å². The van der Waals surface area contributed by atoms with Gasteiger partial charge in [-0.3, -0.25) is 4.79 Å². The van der Waals surface area contributed by atoms with Crippen molar-refractivity contribution in [3.8, 4) is 6.07 Å². The number of hydrogen-bond donors (Lipinski definition) is 1. The lowest BCUT2D eigenvalue weighted by molar-refractivity contribution is 0.0944. The summed E-state index contributed by atoms with van der Waals surface area (Å²) >= 11 is 5.92. The summed E-state index contributed by atoms with van der Waals surface area (Å²) < 4.78 is 0. The number of halogens is 1. The van der Waals surface area contributed by atoms with Gasteiger partial charge in [0.1, 0.15) is 6.04 Å². The molecule has 16 heavy (non-hydrogen) atoms. The van der Waals surface area contributed by atoms with E-state index in [4.69, 9.17) is 16.9 Å². The van der Waals surface area contributed by atoms with Crippen molar-refractivity contribution in [2.45, 2.75) is 26.3 Å². The van der Waals surface area contributed by atoms with Gasteiger partial charge in [-0.1, -0.05) is 24.6 Å². The summed E-state index contributed by atoms with van der Waals surface area (Å²) in [5, 5.41) is 11.9. The number of hydrogen-bond acceptors (Lipinski definition) is 2. The molecule has 1 rings (SSSR count). The Balaban J connectivity index is 2.81. The highest BCUT2D eigenvalue weighted by atomic mass is 35.5. The second-order valence-electron chi connectivity index (χ2n) is 3.53. The number of nitrogens with one attached hydrogen (secondary N) is 1. The Hall–Kier alpha value is -1.53. The van der Waals surface area contributed by atoms with E-state index in [1.54, 1.807) is 18.2 Å². The molecule has 0 radical (unpaired) electrons. The molecule has 1 atom stereocenters. The molecule has 1 unspecified atom stereocenters. The van der Waals surface area contributed by atoms with Crippen LogP contribution in [0.15, 0.2) is 18.2 Å². The van der Waals surface area contributed by atoms with E-state index in [2.05, 4.69) is 5.32 Å². The first-order valence-electron chi connectivity index (χ1n) is 5.05. The third-order valence-corrected chi connectivity index (χ3v) is 2.71. The van der Waals surface area contributed by atoms with Crippen LogP contribution in [-0.4, -0.2) is 11.9 Å². The number of carbonyl (C=O) groups excluding carboxylic acids is 1. The van der Waals surface area contributed by atoms with Crippen molar-refractivity contribution >= 4 is 17.5 Å². The zero-order valence-electron chi connectivity index (χ0n) is 9.25. The maximum atomic E-state index is 11.7. The first kappa shape index (κ1) is 12.5. The monoisotopic (exact) mass is 236 g/mol. The molecule has 0 aliphatic carbocycles. The van der Waals surface area contributed by atoms with Crippen LogP contribution in [-0.2, 0) is 0 Å². The summed E-state index contributed by atoms with van der Waals surface area (Å²) in [6, 6.07) is 6.65. The van der Waals surface area contributed by atoms with E-state index in [-0.39, 0.29) is 5.91 Å². The van der Waals surface area contributed by atoms with Crippen molar-refractivity contribution in [3.05, 3.63) is 34.3 Å². The predicted octanol–water partition coefficient (Wildman–Crippen LogP) is 2.68. The summed E-state index contributed by atoms with van der Waals surface area (Å²) in [5.74, 6) is -0.268. The molecule has 0 aliphatic heterocycles. The van der Waals surface area contributed by atoms with E-state index in [1.807, 2.05) is 19.9 Å². The average molecular weight is 237 g/mol. The Morgan fingerprint density at radius 1 is 1.62 bits per heavy atom. The molecular weight excluding hydrogens is 224 g/mol. The number of nitrogens with zero attached hydrogens (tertiary/aromatic N) is 1. The molecular formula is C12H13ClN2O. The molecule has 84 valence electrons. The topological polar surface area (TPSA) is 52.9 Å². The maximum absolute atomic E-state index is 11.7. The minimum Gasteiger partial charge on any atom is -0.336 e. The number of aryl methyl sites for hydroxylation is 1. The molecule has 0 heterocycles. The van der Waals surface area contributed by atoms with Gasteiger partial charge in [0.05, 0.1) is 6.07 Å². The van der Waals surface area contributed by atoms with Crippen LogP contribution < -0.4 is 5.32 Å². The minimum atomic E-state index is -0.451. The van der Waals surface area contributed by atoms with E-state index in [0.29, 0.717) is 17.0 Å². The van der Waals surface area contributed by atoms with Crippen molar-refractivity contribution in [2.24, 2.45) is 0 Å². The molecule has 1 aromatic rings. The fraction of sp³-hybridized carbons (Fsp3) is 0.333. The summed E-state index contributed by atoms with van der Waals surface area (Å²) in [5.41, 5.74) is 1.40. The van der Waals surface area contributed by atoms with Crippen molar-refractivity contribution in [1.82, 2.24) is 5.32 Å². The van der Waals surface area contributed by atoms with E-state index in [0.717, 1.165) is 5.56 Å². The molecule has 4 heteroatoms. The maximum Gasteiger partial charge on any atom is 0.252 e. The first-order valence-corrected chi connectivity index (χ1v) is 5.43. The van der Waals surface area contributed by atoms with Gasteiger partial charge in [0.2, 0.25) is 0 Å². The lowest BCUT2D eigenvalue weighted by Crippen LogP contribution is -2.33. The van der Waals surface area contributed by atoms with Crippen molar-refractivity contribution < 1.29 is 4.79 Å². The van der Waals surface area contributed by atoms with Crippen LogP contribution in [0.2, 0.25) is 5.02 Å². The Morgan fingerprint density at radius 3 is 2.81 bits per heavy atom. The molecule has 0 bridgehead atoms. The summed E-state index contributed by atoms with van der Waals surface area (Å²) in [4.78, 5) is 11.7. The predicted molar refractivity (Wildman–Crippen MR) is 63.3 cm³/mol. The van der Waals surface area contributed by atoms with E-state index in [1.165, 1.54) is 0 Å². The normalized spacial score (nSPS) is 11.6. The molecule has 3 nitrogen and oxygen atoms in total. The van der Waals surface area contributed by atoms with Crippen LogP contribution in [0.5, 0.6) is 0 Å². The lowest BCUT2D eigenvalue weighted by atomic mass is 10.1. The Morgan fingerprint density at radius 2 is 2.31 bits per heavy atom. The van der Waals surface area contributed by atoms with Crippen LogP contribution in [0.25, 0.3) is 0 Å². The SMILES string of the molecule is CCC(C#N)NC(=O)c1ccc(C)c(Cl)c1. The number of carbonyl (C=O) groups is 1. The van der Waals surface area contributed by atoms with E-state index < -0.39 is 6.04 Å². The van der Waals surface area contributed by atoms with Gasteiger partial charge in [0.25, 0.3) is 5.91 Å². The molecule has 0 spiro atoms. The van der Waals surface area contributed by atoms with Crippen molar-refractivity contribution in [2.75, 3.05) is 0 Å². The van der Waals surface area contributed by atoms with Crippen molar-refractivity contribution in [3.63, 3.8) is 0 Å². The third-order valence-electron chi connectivity index (χ3n) is 2.30. The molecule has 0 aliphatic rings. The summed E-state index contributed by atoms with van der Waals surface area (Å²) in [6.07, 6.45) is 0.585. The van der Waals surface area contributed by atoms with Crippen LogP contribution in [0.1, 0.15) is 29.3 Å². The molecule has 0 aromatic heterocycles. The summed E-state index contributed by atoms with van der Waals surface area (Å²) in [6.45, 7) is 3.71. The average Bonchev–Trinajstić information content (AvgIpc) is 2.29. The fourth-order valence-corrected chi connectivity index (χ4v) is 1.38. The second kappa shape index (κ2) is 5.53. The van der Waals surface area contributed by atoms with Gasteiger partial charge < -0.3 is 5.32 Å². The third kappa shape index (κ3) is 2.98. The highest BCUT2D eigenvalue weighted by Crippen LogP contribution is 2.16. The van der Waals surface area contributed by atoms with E-state index in [9.17, 15) is 4.79 Å². The molecule has 0 saturated carbocycles. The van der Waals surface area contributed by atoms with E-state index >= 15 is 0 Å². The smallest absolute Gasteiger partial charge is 0.252 e. The van der Waals surface area contributed by atoms with Gasteiger partial charge >= 0.3 is 0 Å².